The molecule has 0 N–H and O–H groups in total. The van der Waals surface area contributed by atoms with E-state index >= 15 is 0 Å². The first kappa shape index (κ1) is 17.0. The van der Waals surface area contributed by atoms with Crippen molar-refractivity contribution in [1.29, 1.82) is 0 Å². The van der Waals surface area contributed by atoms with Crippen LogP contribution in [0.3, 0.4) is 0 Å². The second-order valence-electron chi connectivity index (χ2n) is 6.16. The fraction of sp³-hybridized carbons (Fsp3) is 0.136. The van der Waals surface area contributed by atoms with E-state index in [1.807, 2.05) is 60.7 Å². The fourth-order valence-electron chi connectivity index (χ4n) is 2.96. The molecule has 0 saturated heterocycles. The van der Waals surface area contributed by atoms with Gasteiger partial charge in [0.15, 0.2) is 5.65 Å². The predicted molar refractivity (Wildman–Crippen MR) is 105 cm³/mol. The molecule has 5 nitrogen and oxygen atoms in total. The first-order valence-electron chi connectivity index (χ1n) is 8.65. The zero-order valence-electron chi connectivity index (χ0n) is 15.2. The molecule has 0 spiro atoms. The summed E-state index contributed by atoms with van der Waals surface area (Å²) in [4.78, 5) is 13.9. The van der Waals surface area contributed by atoms with Crippen LogP contribution in [0.25, 0.3) is 22.4 Å². The Labute approximate surface area is 157 Å². The summed E-state index contributed by atoms with van der Waals surface area (Å²) in [5.74, 6) is 1.52. The molecule has 2 heterocycles. The van der Waals surface area contributed by atoms with Crippen LogP contribution in [-0.4, -0.2) is 29.2 Å². The minimum absolute atomic E-state index is 0.642. The molecule has 134 valence electrons. The molecule has 27 heavy (non-hydrogen) atoms. The van der Waals surface area contributed by atoms with Gasteiger partial charge in [-0.3, -0.25) is 4.98 Å². The third-order valence-corrected chi connectivity index (χ3v) is 4.33. The maximum atomic E-state index is 5.35. The van der Waals surface area contributed by atoms with Gasteiger partial charge in [0.05, 0.1) is 26.1 Å². The lowest BCUT2D eigenvalue weighted by atomic mass is 10.1. The molecule has 2 aromatic carbocycles. The summed E-state index contributed by atoms with van der Waals surface area (Å²) in [7, 11) is 3.29. The van der Waals surface area contributed by atoms with Gasteiger partial charge in [-0.25, -0.2) is 9.97 Å². The number of benzene rings is 2. The fourth-order valence-corrected chi connectivity index (χ4v) is 2.96. The number of hydrogen-bond acceptors (Lipinski definition) is 5. The smallest absolute Gasteiger partial charge is 0.179 e. The number of methoxy groups -OCH3 is 2. The van der Waals surface area contributed by atoms with Crippen LogP contribution in [0.5, 0.6) is 11.5 Å². The van der Waals surface area contributed by atoms with Gasteiger partial charge >= 0.3 is 0 Å². The number of fused-ring (bicyclic) bond motifs is 1. The minimum atomic E-state index is 0.642. The Bertz CT molecular complexity index is 1060. The van der Waals surface area contributed by atoms with E-state index in [1.165, 1.54) is 0 Å². The summed E-state index contributed by atoms with van der Waals surface area (Å²) in [5.41, 5.74) is 5.24. The molecule has 5 heteroatoms. The molecule has 4 rings (SSSR count). The molecule has 0 atom stereocenters. The molecule has 0 radical (unpaired) electrons. The number of hydrogen-bond donors (Lipinski definition) is 0. The van der Waals surface area contributed by atoms with Gasteiger partial charge in [0.1, 0.15) is 17.0 Å². The first-order valence-corrected chi connectivity index (χ1v) is 8.65. The lowest BCUT2D eigenvalue weighted by molar-refractivity contribution is 0.393. The molecule has 0 unspecified atom stereocenters. The van der Waals surface area contributed by atoms with Crippen molar-refractivity contribution in [3.05, 3.63) is 78.1 Å². The van der Waals surface area contributed by atoms with Crippen LogP contribution in [-0.2, 0) is 6.42 Å². The van der Waals surface area contributed by atoms with Crippen molar-refractivity contribution in [2.24, 2.45) is 0 Å². The molecule has 0 aliphatic heterocycles. The topological polar surface area (TPSA) is 57.1 Å². The van der Waals surface area contributed by atoms with Crippen LogP contribution in [0.2, 0.25) is 0 Å². The van der Waals surface area contributed by atoms with Gasteiger partial charge in [0.25, 0.3) is 0 Å². The molecule has 0 saturated carbocycles. The summed E-state index contributed by atoms with van der Waals surface area (Å²) in [6.07, 6.45) is 2.44. The zero-order chi connectivity index (χ0) is 18.6. The van der Waals surface area contributed by atoms with E-state index in [9.17, 15) is 0 Å². The standard InChI is InChI=1S/C22H19N3O2/c1-26-18-11-15(12-19(13-18)27-2)10-17-8-9-20-22(24-17)25-21(14-23-20)16-6-4-3-5-7-16/h3-9,11-14H,10H2,1-2H3. The first-order chi connectivity index (χ1) is 13.2. The van der Waals surface area contributed by atoms with Gasteiger partial charge in [-0.05, 0) is 29.8 Å². The molecular weight excluding hydrogens is 338 g/mol. The molecular formula is C22H19N3O2. The third kappa shape index (κ3) is 3.72. The zero-order valence-corrected chi connectivity index (χ0v) is 15.2. The monoisotopic (exact) mass is 357 g/mol. The summed E-state index contributed by atoms with van der Waals surface area (Å²) in [5, 5.41) is 0. The Kier molecular flexibility index (Phi) is 4.66. The van der Waals surface area contributed by atoms with E-state index in [1.54, 1.807) is 20.4 Å². The molecule has 0 fully saturated rings. The van der Waals surface area contributed by atoms with Crippen molar-refractivity contribution in [2.75, 3.05) is 14.2 Å². The molecule has 0 amide bonds. The SMILES string of the molecule is COc1cc(Cc2ccc3ncc(-c4ccccc4)nc3n2)cc(OC)c1. The van der Waals surface area contributed by atoms with Crippen LogP contribution in [0.15, 0.2) is 66.9 Å². The largest absolute Gasteiger partial charge is 0.497 e. The Morgan fingerprint density at radius 3 is 2.26 bits per heavy atom. The second-order valence-corrected chi connectivity index (χ2v) is 6.16. The normalized spacial score (nSPS) is 10.7. The van der Waals surface area contributed by atoms with Crippen LogP contribution < -0.4 is 9.47 Å². The predicted octanol–water partition coefficient (Wildman–Crippen LogP) is 4.30. The quantitative estimate of drug-likeness (QED) is 0.533. The molecule has 0 aliphatic carbocycles. The van der Waals surface area contributed by atoms with Gasteiger partial charge in [0.2, 0.25) is 0 Å². The highest BCUT2D eigenvalue weighted by Crippen LogP contribution is 2.24. The van der Waals surface area contributed by atoms with Crippen molar-refractivity contribution in [3.63, 3.8) is 0 Å². The average Bonchev–Trinajstić information content (AvgIpc) is 2.73. The van der Waals surface area contributed by atoms with Crippen LogP contribution in [0.4, 0.5) is 0 Å². The number of rotatable bonds is 5. The highest BCUT2D eigenvalue weighted by Gasteiger charge is 2.07. The van der Waals surface area contributed by atoms with E-state index < -0.39 is 0 Å². The van der Waals surface area contributed by atoms with Gasteiger partial charge in [-0.15, -0.1) is 0 Å². The van der Waals surface area contributed by atoms with Crippen molar-refractivity contribution >= 4 is 11.2 Å². The van der Waals surface area contributed by atoms with Gasteiger partial charge < -0.3 is 9.47 Å². The Morgan fingerprint density at radius 2 is 1.56 bits per heavy atom. The Morgan fingerprint density at radius 1 is 0.815 bits per heavy atom. The van der Waals surface area contributed by atoms with E-state index in [4.69, 9.17) is 19.4 Å². The van der Waals surface area contributed by atoms with Gasteiger partial charge in [-0.2, -0.15) is 0 Å². The summed E-state index contributed by atoms with van der Waals surface area (Å²) < 4.78 is 10.7. The van der Waals surface area contributed by atoms with Crippen molar-refractivity contribution in [1.82, 2.24) is 15.0 Å². The number of ether oxygens (including phenoxy) is 2. The average molecular weight is 357 g/mol. The second kappa shape index (κ2) is 7.41. The summed E-state index contributed by atoms with van der Waals surface area (Å²) >= 11 is 0. The van der Waals surface area contributed by atoms with E-state index in [2.05, 4.69) is 4.98 Å². The lowest BCUT2D eigenvalue weighted by Crippen LogP contribution is -1.98. The van der Waals surface area contributed by atoms with Crippen LogP contribution >= 0.6 is 0 Å². The van der Waals surface area contributed by atoms with E-state index in [0.717, 1.165) is 39.5 Å². The summed E-state index contributed by atoms with van der Waals surface area (Å²) in [6.45, 7) is 0. The maximum Gasteiger partial charge on any atom is 0.179 e. The van der Waals surface area contributed by atoms with Crippen LogP contribution in [0.1, 0.15) is 11.3 Å². The molecule has 2 aromatic heterocycles. The highest BCUT2D eigenvalue weighted by atomic mass is 16.5. The van der Waals surface area contributed by atoms with Crippen molar-refractivity contribution < 1.29 is 9.47 Å². The molecule has 0 aliphatic rings. The van der Waals surface area contributed by atoms with Gasteiger partial charge in [-0.1, -0.05) is 30.3 Å². The molecule has 4 aromatic rings. The minimum Gasteiger partial charge on any atom is -0.497 e. The third-order valence-electron chi connectivity index (χ3n) is 4.33. The van der Waals surface area contributed by atoms with E-state index in [0.29, 0.717) is 12.1 Å². The molecule has 0 bridgehead atoms. The number of pyridine rings is 1. The Hall–Kier alpha value is -3.47. The van der Waals surface area contributed by atoms with Crippen LogP contribution in [0, 0.1) is 0 Å². The van der Waals surface area contributed by atoms with Gasteiger partial charge in [0, 0.05) is 23.7 Å². The lowest BCUT2D eigenvalue weighted by Gasteiger charge is -2.09. The number of aromatic nitrogens is 3. The highest BCUT2D eigenvalue weighted by molar-refractivity contribution is 5.73. The van der Waals surface area contributed by atoms with Crippen molar-refractivity contribution in [3.8, 4) is 22.8 Å². The number of nitrogens with zero attached hydrogens (tertiary/aromatic N) is 3. The van der Waals surface area contributed by atoms with Crippen molar-refractivity contribution in [2.45, 2.75) is 6.42 Å². The van der Waals surface area contributed by atoms with E-state index in [-0.39, 0.29) is 0 Å². The summed E-state index contributed by atoms with van der Waals surface area (Å²) in [6, 6.07) is 19.8. The Balaban J connectivity index is 1.69. The maximum absolute atomic E-state index is 5.35.